The van der Waals surface area contributed by atoms with E-state index in [9.17, 15) is 4.79 Å². The smallest absolute Gasteiger partial charge is 0.254 e. The Hall–Kier alpha value is -1.56. The lowest BCUT2D eigenvalue weighted by atomic mass is 9.98. The monoisotopic (exact) mass is 251 g/mol. The van der Waals surface area contributed by atoms with Crippen molar-refractivity contribution in [2.75, 3.05) is 24.5 Å². The van der Waals surface area contributed by atoms with Gasteiger partial charge in [0.1, 0.15) is 11.4 Å². The van der Waals surface area contributed by atoms with Gasteiger partial charge in [-0.05, 0) is 32.2 Å². The van der Waals surface area contributed by atoms with Crippen LogP contribution < -0.4 is 16.4 Å². The molecular weight excluding hydrogens is 230 g/mol. The molecule has 2 rings (SSSR count). The van der Waals surface area contributed by atoms with Gasteiger partial charge in [0.05, 0.1) is 5.69 Å². The first-order valence-corrected chi connectivity index (χ1v) is 6.33. The number of carbonyl (C=O) groups excluding carboxylic acids is 1. The zero-order valence-corrected chi connectivity index (χ0v) is 11.0. The van der Waals surface area contributed by atoms with Crippen molar-refractivity contribution in [2.45, 2.75) is 19.8 Å². The van der Waals surface area contributed by atoms with Crippen molar-refractivity contribution in [3.63, 3.8) is 0 Å². The first-order chi connectivity index (χ1) is 8.54. The number of nitrogens with zero attached hydrogens (tertiary/aromatic N) is 3. The van der Waals surface area contributed by atoms with Gasteiger partial charge in [-0.15, -0.1) is 0 Å². The molecule has 1 aromatic heterocycles. The molecule has 0 aliphatic carbocycles. The Bertz CT molecular complexity index is 454. The summed E-state index contributed by atoms with van der Waals surface area (Å²) < 4.78 is 1.74. The minimum atomic E-state index is -0.412. The van der Waals surface area contributed by atoms with Gasteiger partial charge in [0.25, 0.3) is 5.91 Å². The van der Waals surface area contributed by atoms with Crippen LogP contribution in [-0.4, -0.2) is 35.3 Å². The Morgan fingerprint density at radius 2 is 2.28 bits per heavy atom. The van der Waals surface area contributed by atoms with Crippen molar-refractivity contribution in [1.82, 2.24) is 9.78 Å². The second-order valence-corrected chi connectivity index (χ2v) is 4.96. The molecular formula is C12H21N5O. The summed E-state index contributed by atoms with van der Waals surface area (Å²) in [6.07, 6.45) is 2.24. The number of hydrogen-bond donors (Lipinski definition) is 2. The first-order valence-electron chi connectivity index (χ1n) is 6.33. The maximum Gasteiger partial charge on any atom is 0.254 e. The molecule has 1 atom stereocenters. The lowest BCUT2D eigenvalue weighted by Crippen LogP contribution is -2.40. The summed E-state index contributed by atoms with van der Waals surface area (Å²) in [7, 11) is 1.85. The van der Waals surface area contributed by atoms with E-state index in [0.717, 1.165) is 31.7 Å². The predicted octanol–water partition coefficient (Wildman–Crippen LogP) is 0.00252. The van der Waals surface area contributed by atoms with Crippen LogP contribution in [-0.2, 0) is 7.05 Å². The Kier molecular flexibility index (Phi) is 3.56. The highest BCUT2D eigenvalue weighted by atomic mass is 16.1. The van der Waals surface area contributed by atoms with Crippen LogP contribution in [0, 0.1) is 12.8 Å². The van der Waals surface area contributed by atoms with Crippen LogP contribution in [0.25, 0.3) is 0 Å². The molecule has 1 aliphatic heterocycles. The average molecular weight is 251 g/mol. The lowest BCUT2D eigenvalue weighted by Gasteiger charge is -2.34. The van der Waals surface area contributed by atoms with Gasteiger partial charge < -0.3 is 16.4 Å². The van der Waals surface area contributed by atoms with Gasteiger partial charge in [-0.1, -0.05) is 0 Å². The summed E-state index contributed by atoms with van der Waals surface area (Å²) in [5, 5.41) is 4.30. The van der Waals surface area contributed by atoms with Crippen molar-refractivity contribution < 1.29 is 4.79 Å². The minimum Gasteiger partial charge on any atom is -0.365 e. The maximum atomic E-state index is 11.6. The van der Waals surface area contributed by atoms with E-state index in [2.05, 4.69) is 10.00 Å². The standard InChI is InChI=1S/C12H21N5O/c1-8-10(11(14)18)12(16(2)15-8)17-5-3-4-9(6-13)7-17/h9H,3-7,13H2,1-2H3,(H2,14,18). The average Bonchev–Trinajstić information content (AvgIpc) is 2.64. The van der Waals surface area contributed by atoms with Crippen molar-refractivity contribution >= 4 is 11.7 Å². The van der Waals surface area contributed by atoms with Crippen LogP contribution in [0.3, 0.4) is 0 Å². The van der Waals surface area contributed by atoms with Crippen molar-refractivity contribution in [3.05, 3.63) is 11.3 Å². The number of carbonyl (C=O) groups is 1. The second-order valence-electron chi connectivity index (χ2n) is 4.96. The molecule has 0 saturated carbocycles. The number of aryl methyl sites for hydroxylation is 2. The largest absolute Gasteiger partial charge is 0.365 e. The quantitative estimate of drug-likeness (QED) is 0.791. The number of amides is 1. The van der Waals surface area contributed by atoms with Crippen molar-refractivity contribution in [2.24, 2.45) is 24.4 Å². The number of anilines is 1. The highest BCUT2D eigenvalue weighted by Gasteiger charge is 2.26. The minimum absolute atomic E-state index is 0.412. The molecule has 4 N–H and O–H groups in total. The van der Waals surface area contributed by atoms with E-state index in [1.54, 1.807) is 4.68 Å². The Labute approximate surface area is 107 Å². The molecule has 0 aromatic carbocycles. The molecule has 18 heavy (non-hydrogen) atoms. The summed E-state index contributed by atoms with van der Waals surface area (Å²) in [4.78, 5) is 13.7. The van der Waals surface area contributed by atoms with E-state index >= 15 is 0 Å². The topological polar surface area (TPSA) is 90.2 Å². The molecule has 6 nitrogen and oxygen atoms in total. The molecule has 1 saturated heterocycles. The van der Waals surface area contributed by atoms with Gasteiger partial charge in [-0.2, -0.15) is 5.10 Å². The van der Waals surface area contributed by atoms with E-state index in [0.29, 0.717) is 23.7 Å². The summed E-state index contributed by atoms with van der Waals surface area (Å²) in [5.41, 5.74) is 12.4. The first kappa shape index (κ1) is 12.9. The molecule has 1 fully saturated rings. The van der Waals surface area contributed by atoms with Crippen molar-refractivity contribution in [1.29, 1.82) is 0 Å². The number of piperidine rings is 1. The SMILES string of the molecule is Cc1nn(C)c(N2CCCC(CN)C2)c1C(N)=O. The van der Waals surface area contributed by atoms with E-state index in [-0.39, 0.29) is 0 Å². The van der Waals surface area contributed by atoms with Gasteiger partial charge in [0.15, 0.2) is 0 Å². The molecule has 1 aromatic rings. The molecule has 1 unspecified atom stereocenters. The van der Waals surface area contributed by atoms with Crippen LogP contribution in [0.5, 0.6) is 0 Å². The fourth-order valence-electron chi connectivity index (χ4n) is 2.75. The number of primary amides is 1. The third kappa shape index (κ3) is 2.20. The van der Waals surface area contributed by atoms with Crippen LogP contribution in [0.15, 0.2) is 0 Å². The van der Waals surface area contributed by atoms with Gasteiger partial charge in [0.2, 0.25) is 0 Å². The molecule has 1 amide bonds. The fraction of sp³-hybridized carbons (Fsp3) is 0.667. The summed E-state index contributed by atoms with van der Waals surface area (Å²) in [5.74, 6) is 0.901. The van der Waals surface area contributed by atoms with Crippen LogP contribution in [0.1, 0.15) is 28.9 Å². The molecule has 1 aliphatic rings. The van der Waals surface area contributed by atoms with Crippen molar-refractivity contribution in [3.8, 4) is 0 Å². The molecule has 0 spiro atoms. The van der Waals surface area contributed by atoms with Gasteiger partial charge in [-0.3, -0.25) is 9.48 Å². The van der Waals surface area contributed by atoms with Gasteiger partial charge in [0, 0.05) is 20.1 Å². The van der Waals surface area contributed by atoms with Crippen LogP contribution in [0.4, 0.5) is 5.82 Å². The zero-order chi connectivity index (χ0) is 13.3. The van der Waals surface area contributed by atoms with E-state index < -0.39 is 5.91 Å². The molecule has 6 heteroatoms. The summed E-state index contributed by atoms with van der Waals surface area (Å²) >= 11 is 0. The highest BCUT2D eigenvalue weighted by Crippen LogP contribution is 2.27. The summed E-state index contributed by atoms with van der Waals surface area (Å²) in [6.45, 7) is 4.29. The zero-order valence-electron chi connectivity index (χ0n) is 11.0. The molecule has 0 radical (unpaired) electrons. The predicted molar refractivity (Wildman–Crippen MR) is 70.5 cm³/mol. The molecule has 0 bridgehead atoms. The Morgan fingerprint density at radius 3 is 2.89 bits per heavy atom. The fourth-order valence-corrected chi connectivity index (χ4v) is 2.75. The second kappa shape index (κ2) is 4.97. The van der Waals surface area contributed by atoms with Gasteiger partial charge in [-0.25, -0.2) is 0 Å². The van der Waals surface area contributed by atoms with E-state index in [1.165, 1.54) is 0 Å². The summed E-state index contributed by atoms with van der Waals surface area (Å²) in [6, 6.07) is 0. The third-order valence-electron chi connectivity index (χ3n) is 3.59. The van der Waals surface area contributed by atoms with E-state index in [4.69, 9.17) is 11.5 Å². The lowest BCUT2D eigenvalue weighted by molar-refractivity contribution is 0.1000. The maximum absolute atomic E-state index is 11.6. The number of hydrogen-bond acceptors (Lipinski definition) is 4. The molecule has 100 valence electrons. The van der Waals surface area contributed by atoms with E-state index in [1.807, 2.05) is 14.0 Å². The number of nitrogens with two attached hydrogens (primary N) is 2. The third-order valence-corrected chi connectivity index (χ3v) is 3.59. The normalized spacial score (nSPS) is 20.2. The van der Waals surface area contributed by atoms with Crippen LogP contribution >= 0.6 is 0 Å². The highest BCUT2D eigenvalue weighted by molar-refractivity contribution is 5.99. The van der Waals surface area contributed by atoms with Crippen LogP contribution in [0.2, 0.25) is 0 Å². The number of rotatable bonds is 3. The number of aromatic nitrogens is 2. The molecule has 2 heterocycles. The Balaban J connectivity index is 2.35. The van der Waals surface area contributed by atoms with Gasteiger partial charge >= 0.3 is 0 Å². The Morgan fingerprint density at radius 1 is 1.56 bits per heavy atom.